The van der Waals surface area contributed by atoms with E-state index in [-0.39, 0.29) is 5.56 Å². The third-order valence-electron chi connectivity index (χ3n) is 1.85. The summed E-state index contributed by atoms with van der Waals surface area (Å²) in [7, 11) is 0. The summed E-state index contributed by atoms with van der Waals surface area (Å²) in [6.45, 7) is 0. The summed E-state index contributed by atoms with van der Waals surface area (Å²) in [6.07, 6.45) is -2.81. The van der Waals surface area contributed by atoms with E-state index in [1.54, 1.807) is 0 Å². The van der Waals surface area contributed by atoms with Gasteiger partial charge in [-0.25, -0.2) is 0 Å². The van der Waals surface area contributed by atoms with Crippen molar-refractivity contribution < 1.29 is 13.2 Å². The van der Waals surface area contributed by atoms with Crippen LogP contribution in [0.2, 0.25) is 0 Å². The Bertz CT molecular complexity index is 336. The zero-order valence-electron chi connectivity index (χ0n) is 7.78. The lowest BCUT2D eigenvalue weighted by atomic mass is 10.1. The maximum atomic E-state index is 12.3. The molecule has 1 rings (SSSR count). The van der Waals surface area contributed by atoms with Crippen LogP contribution < -0.4 is 0 Å². The number of nitroso groups, excluding NO2 is 1. The van der Waals surface area contributed by atoms with Gasteiger partial charge >= 0.3 is 6.18 Å². The second-order valence-corrected chi connectivity index (χ2v) is 3.70. The van der Waals surface area contributed by atoms with Crippen molar-refractivity contribution in [1.29, 1.82) is 0 Å². The third kappa shape index (κ3) is 2.95. The summed E-state index contributed by atoms with van der Waals surface area (Å²) in [5.41, 5.74) is -0.129. The minimum atomic E-state index is -4.62. The average Bonchev–Trinajstić information content (AvgIpc) is 2.18. The van der Waals surface area contributed by atoms with Gasteiger partial charge in [0.2, 0.25) is 6.04 Å². The molecule has 0 aliphatic carbocycles. The molecule has 1 atom stereocenters. The molecule has 6 heteroatoms. The Labute approximate surface area is 88.8 Å². The first kappa shape index (κ1) is 12.0. The minimum Gasteiger partial charge on any atom is -0.168 e. The van der Waals surface area contributed by atoms with Gasteiger partial charge in [-0.15, -0.1) is 16.7 Å². The molecular formula is C9H8F3NOS. The average molecular weight is 235 g/mol. The Morgan fingerprint density at radius 1 is 1.27 bits per heavy atom. The SMILES string of the molecule is CSc1ccc(C(N=O)C(F)(F)F)cc1. The lowest BCUT2D eigenvalue weighted by Crippen LogP contribution is -2.18. The summed E-state index contributed by atoms with van der Waals surface area (Å²) >= 11 is 1.41. The zero-order valence-corrected chi connectivity index (χ0v) is 8.60. The largest absolute Gasteiger partial charge is 0.418 e. The van der Waals surface area contributed by atoms with Crippen molar-refractivity contribution in [3.63, 3.8) is 0 Å². The standard InChI is InChI=1S/C9H8F3NOS/c1-15-7-4-2-6(3-5-7)8(13-14)9(10,11)12/h2-5,8H,1H3. The molecular weight excluding hydrogens is 227 g/mol. The fourth-order valence-corrected chi connectivity index (χ4v) is 1.50. The quantitative estimate of drug-likeness (QED) is 0.589. The van der Waals surface area contributed by atoms with E-state index in [0.29, 0.717) is 0 Å². The molecule has 0 N–H and O–H groups in total. The molecule has 0 bridgehead atoms. The highest BCUT2D eigenvalue weighted by Gasteiger charge is 2.42. The van der Waals surface area contributed by atoms with Crippen molar-refractivity contribution in [3.8, 4) is 0 Å². The number of thioether (sulfide) groups is 1. The summed E-state index contributed by atoms with van der Waals surface area (Å²) in [6, 6.07) is 3.33. The van der Waals surface area contributed by atoms with Crippen molar-refractivity contribution in [3.05, 3.63) is 34.7 Å². The van der Waals surface area contributed by atoms with Crippen molar-refractivity contribution in [2.24, 2.45) is 5.18 Å². The van der Waals surface area contributed by atoms with Crippen LogP contribution in [0.3, 0.4) is 0 Å². The van der Waals surface area contributed by atoms with E-state index in [9.17, 15) is 18.1 Å². The number of hydrogen-bond acceptors (Lipinski definition) is 3. The first-order valence-electron chi connectivity index (χ1n) is 4.02. The number of hydrogen-bond donors (Lipinski definition) is 0. The minimum absolute atomic E-state index is 0.129. The van der Waals surface area contributed by atoms with E-state index < -0.39 is 12.2 Å². The normalized spacial score (nSPS) is 13.6. The predicted octanol–water partition coefficient (Wildman–Crippen LogP) is 3.78. The van der Waals surface area contributed by atoms with Crippen LogP contribution in [0.4, 0.5) is 13.2 Å². The van der Waals surface area contributed by atoms with E-state index in [4.69, 9.17) is 0 Å². The Kier molecular flexibility index (Phi) is 3.73. The van der Waals surface area contributed by atoms with Crippen LogP contribution in [0.25, 0.3) is 0 Å². The molecule has 1 aromatic rings. The zero-order chi connectivity index (χ0) is 11.5. The maximum Gasteiger partial charge on any atom is 0.418 e. The summed E-state index contributed by atoms with van der Waals surface area (Å²) in [4.78, 5) is 11.0. The number of rotatable bonds is 3. The fraction of sp³-hybridized carbons (Fsp3) is 0.333. The number of benzene rings is 1. The summed E-state index contributed by atoms with van der Waals surface area (Å²) < 4.78 is 36.9. The van der Waals surface area contributed by atoms with Gasteiger partial charge in [0.25, 0.3) is 0 Å². The highest BCUT2D eigenvalue weighted by Crippen LogP contribution is 2.36. The third-order valence-corrected chi connectivity index (χ3v) is 2.59. The van der Waals surface area contributed by atoms with E-state index in [0.717, 1.165) is 4.90 Å². The molecule has 0 amide bonds. The van der Waals surface area contributed by atoms with Crippen molar-refractivity contribution in [2.75, 3.05) is 6.26 Å². The Morgan fingerprint density at radius 2 is 1.80 bits per heavy atom. The fourth-order valence-electron chi connectivity index (χ4n) is 1.10. The molecule has 0 saturated carbocycles. The van der Waals surface area contributed by atoms with Crippen LogP contribution in [-0.2, 0) is 0 Å². The van der Waals surface area contributed by atoms with E-state index in [2.05, 4.69) is 5.18 Å². The van der Waals surface area contributed by atoms with Gasteiger partial charge < -0.3 is 0 Å². The lowest BCUT2D eigenvalue weighted by Gasteiger charge is -2.13. The van der Waals surface area contributed by atoms with Gasteiger partial charge in [-0.1, -0.05) is 17.3 Å². The monoisotopic (exact) mass is 235 g/mol. The van der Waals surface area contributed by atoms with Gasteiger partial charge in [0.15, 0.2) is 0 Å². The first-order valence-corrected chi connectivity index (χ1v) is 5.24. The van der Waals surface area contributed by atoms with Crippen LogP contribution >= 0.6 is 11.8 Å². The van der Waals surface area contributed by atoms with Gasteiger partial charge in [-0.2, -0.15) is 13.2 Å². The van der Waals surface area contributed by atoms with Gasteiger partial charge in [0.1, 0.15) is 0 Å². The molecule has 1 aromatic carbocycles. The Balaban J connectivity index is 2.98. The van der Waals surface area contributed by atoms with E-state index >= 15 is 0 Å². The van der Waals surface area contributed by atoms with Crippen LogP contribution in [0.1, 0.15) is 11.6 Å². The lowest BCUT2D eigenvalue weighted by molar-refractivity contribution is -0.148. The number of nitrogens with zero attached hydrogens (tertiary/aromatic N) is 1. The Hall–Kier alpha value is -1.04. The molecule has 0 aromatic heterocycles. The maximum absolute atomic E-state index is 12.3. The molecule has 0 aliphatic heterocycles. The number of alkyl halides is 3. The topological polar surface area (TPSA) is 29.4 Å². The molecule has 82 valence electrons. The van der Waals surface area contributed by atoms with Crippen molar-refractivity contribution in [1.82, 2.24) is 0 Å². The molecule has 0 spiro atoms. The summed E-state index contributed by atoms with van der Waals surface area (Å²) in [5, 5.41) is 2.10. The molecule has 1 unspecified atom stereocenters. The second kappa shape index (κ2) is 4.65. The smallest absolute Gasteiger partial charge is 0.168 e. The van der Waals surface area contributed by atoms with Gasteiger partial charge in [-0.3, -0.25) is 0 Å². The van der Waals surface area contributed by atoms with Crippen LogP contribution in [-0.4, -0.2) is 12.4 Å². The van der Waals surface area contributed by atoms with Gasteiger partial charge in [0.05, 0.1) is 0 Å². The van der Waals surface area contributed by atoms with Gasteiger partial charge in [0, 0.05) is 4.90 Å². The molecule has 0 radical (unpaired) electrons. The van der Waals surface area contributed by atoms with Crippen molar-refractivity contribution >= 4 is 11.8 Å². The van der Waals surface area contributed by atoms with Gasteiger partial charge in [-0.05, 0) is 24.0 Å². The number of halogens is 3. The molecule has 0 fully saturated rings. The molecule has 0 heterocycles. The van der Waals surface area contributed by atoms with Crippen LogP contribution in [0.15, 0.2) is 34.3 Å². The highest BCUT2D eigenvalue weighted by atomic mass is 32.2. The van der Waals surface area contributed by atoms with E-state index in [1.165, 1.54) is 36.0 Å². The molecule has 2 nitrogen and oxygen atoms in total. The van der Waals surface area contributed by atoms with E-state index in [1.807, 2.05) is 6.26 Å². The first-order chi connectivity index (χ1) is 6.99. The molecule has 0 saturated heterocycles. The molecule has 15 heavy (non-hydrogen) atoms. The van der Waals surface area contributed by atoms with Crippen LogP contribution in [0.5, 0.6) is 0 Å². The van der Waals surface area contributed by atoms with Crippen LogP contribution in [0, 0.1) is 4.91 Å². The summed E-state index contributed by atoms with van der Waals surface area (Å²) in [5.74, 6) is 0. The molecule has 0 aliphatic rings. The Morgan fingerprint density at radius 3 is 2.13 bits per heavy atom. The van der Waals surface area contributed by atoms with Crippen molar-refractivity contribution in [2.45, 2.75) is 17.1 Å². The highest BCUT2D eigenvalue weighted by molar-refractivity contribution is 7.98. The second-order valence-electron chi connectivity index (χ2n) is 2.82. The predicted molar refractivity (Wildman–Crippen MR) is 52.8 cm³/mol.